The van der Waals surface area contributed by atoms with Gasteiger partial charge in [-0.1, -0.05) is 26.0 Å². The maximum absolute atomic E-state index is 14.2. The van der Waals surface area contributed by atoms with E-state index in [0.29, 0.717) is 23.2 Å². The van der Waals surface area contributed by atoms with E-state index in [1.54, 1.807) is 13.0 Å². The molecule has 2 nitrogen and oxygen atoms in total. The molecule has 0 aliphatic heterocycles. The minimum atomic E-state index is -0.633. The molecule has 0 saturated heterocycles. The summed E-state index contributed by atoms with van der Waals surface area (Å²) in [6, 6.07) is 5.45. The lowest BCUT2D eigenvalue weighted by Crippen LogP contribution is -2.30. The van der Waals surface area contributed by atoms with Crippen LogP contribution in [-0.2, 0) is 0 Å². The Balaban J connectivity index is 2.30. The zero-order valence-corrected chi connectivity index (χ0v) is 12.1. The van der Waals surface area contributed by atoms with E-state index in [-0.39, 0.29) is 5.82 Å². The first-order valence-corrected chi connectivity index (χ1v) is 7.23. The van der Waals surface area contributed by atoms with Crippen LogP contribution in [-0.4, -0.2) is 17.7 Å². The van der Waals surface area contributed by atoms with Crippen LogP contribution in [0.15, 0.2) is 18.2 Å². The van der Waals surface area contributed by atoms with Crippen molar-refractivity contribution in [1.29, 1.82) is 0 Å². The van der Waals surface area contributed by atoms with E-state index in [2.05, 4.69) is 18.7 Å². The van der Waals surface area contributed by atoms with E-state index in [1.807, 2.05) is 6.07 Å². The number of halogens is 1. The quantitative estimate of drug-likeness (QED) is 0.843. The number of aliphatic hydroxyl groups excluding tert-OH is 1. The normalized spacial score (nSPS) is 16.7. The Morgan fingerprint density at radius 1 is 1.32 bits per heavy atom. The highest BCUT2D eigenvalue weighted by Gasteiger charge is 2.32. The number of nitrogens with zero attached hydrogens (tertiary/aromatic N) is 1. The number of aliphatic hydroxyl groups is 1. The lowest BCUT2D eigenvalue weighted by Gasteiger charge is -2.29. The van der Waals surface area contributed by atoms with E-state index < -0.39 is 6.10 Å². The average Bonchev–Trinajstić information content (AvgIpc) is 3.14. The molecule has 0 spiro atoms. The number of hydrogen-bond donors (Lipinski definition) is 1. The topological polar surface area (TPSA) is 23.5 Å². The summed E-state index contributed by atoms with van der Waals surface area (Å²) in [5.74, 6) is 0.386. The van der Waals surface area contributed by atoms with Gasteiger partial charge in [-0.05, 0) is 38.2 Å². The van der Waals surface area contributed by atoms with E-state index in [4.69, 9.17) is 0 Å². The van der Waals surface area contributed by atoms with Gasteiger partial charge >= 0.3 is 0 Å². The van der Waals surface area contributed by atoms with Crippen molar-refractivity contribution in [3.05, 3.63) is 29.6 Å². The van der Waals surface area contributed by atoms with Gasteiger partial charge in [0.05, 0.1) is 11.8 Å². The maximum Gasteiger partial charge on any atom is 0.146 e. The second kappa shape index (κ2) is 5.91. The van der Waals surface area contributed by atoms with Crippen molar-refractivity contribution in [2.45, 2.75) is 52.2 Å². The smallest absolute Gasteiger partial charge is 0.146 e. The van der Waals surface area contributed by atoms with Gasteiger partial charge < -0.3 is 10.0 Å². The molecule has 0 bridgehead atoms. The van der Waals surface area contributed by atoms with Crippen LogP contribution in [0.1, 0.15) is 51.7 Å². The predicted molar refractivity (Wildman–Crippen MR) is 76.9 cm³/mol. The molecule has 3 heteroatoms. The number of benzene rings is 1. The van der Waals surface area contributed by atoms with Gasteiger partial charge in [-0.15, -0.1) is 0 Å². The fourth-order valence-electron chi connectivity index (χ4n) is 2.43. The number of para-hydroxylation sites is 1. The second-order valence-corrected chi connectivity index (χ2v) is 5.96. The molecule has 1 aromatic carbocycles. The zero-order chi connectivity index (χ0) is 14.0. The fourth-order valence-corrected chi connectivity index (χ4v) is 2.43. The van der Waals surface area contributed by atoms with Crippen molar-refractivity contribution >= 4 is 5.69 Å². The molecule has 0 aromatic heterocycles. The van der Waals surface area contributed by atoms with Gasteiger partial charge in [-0.3, -0.25) is 0 Å². The highest BCUT2D eigenvalue weighted by atomic mass is 19.1. The molecule has 1 aliphatic carbocycles. The lowest BCUT2D eigenvalue weighted by atomic mass is 10.0. The molecule has 1 atom stereocenters. The van der Waals surface area contributed by atoms with Crippen LogP contribution in [0.5, 0.6) is 0 Å². The molecule has 1 unspecified atom stereocenters. The lowest BCUT2D eigenvalue weighted by molar-refractivity contribution is 0.199. The van der Waals surface area contributed by atoms with Gasteiger partial charge in [0.1, 0.15) is 5.82 Å². The third-order valence-corrected chi connectivity index (χ3v) is 3.69. The summed E-state index contributed by atoms with van der Waals surface area (Å²) in [4.78, 5) is 2.16. The van der Waals surface area contributed by atoms with Crippen LogP contribution < -0.4 is 4.90 Å². The third kappa shape index (κ3) is 3.47. The summed E-state index contributed by atoms with van der Waals surface area (Å²) in [7, 11) is 0. The third-order valence-electron chi connectivity index (χ3n) is 3.69. The van der Waals surface area contributed by atoms with Gasteiger partial charge in [-0.25, -0.2) is 4.39 Å². The Morgan fingerprint density at radius 3 is 2.53 bits per heavy atom. The predicted octanol–water partition coefficient (Wildman–Crippen LogP) is 3.89. The van der Waals surface area contributed by atoms with Crippen LogP contribution >= 0.6 is 0 Å². The Kier molecular flexibility index (Phi) is 4.46. The van der Waals surface area contributed by atoms with Crippen LogP contribution in [0.3, 0.4) is 0 Å². The van der Waals surface area contributed by atoms with Crippen molar-refractivity contribution in [2.24, 2.45) is 5.92 Å². The summed E-state index contributed by atoms with van der Waals surface area (Å²) >= 11 is 0. The summed E-state index contributed by atoms with van der Waals surface area (Å²) < 4.78 is 14.2. The van der Waals surface area contributed by atoms with Crippen molar-refractivity contribution in [2.75, 3.05) is 11.4 Å². The molecule has 0 amide bonds. The number of anilines is 1. The number of hydrogen-bond acceptors (Lipinski definition) is 2. The molecule has 2 rings (SSSR count). The fraction of sp³-hybridized carbons (Fsp3) is 0.625. The van der Waals surface area contributed by atoms with Crippen molar-refractivity contribution in [1.82, 2.24) is 0 Å². The van der Waals surface area contributed by atoms with Crippen molar-refractivity contribution in [3.63, 3.8) is 0 Å². The van der Waals surface area contributed by atoms with E-state index in [1.165, 1.54) is 6.07 Å². The highest BCUT2D eigenvalue weighted by molar-refractivity contribution is 5.57. The average molecular weight is 265 g/mol. The molecule has 0 heterocycles. The minimum absolute atomic E-state index is 0.214. The van der Waals surface area contributed by atoms with Crippen LogP contribution in [0.2, 0.25) is 0 Å². The molecule has 106 valence electrons. The standard InChI is InChI=1S/C16H24FNO/c1-11(2)9-10-18(13-7-8-13)16-14(12(3)19)5-4-6-15(16)17/h4-6,11-13,19H,7-10H2,1-3H3. The monoisotopic (exact) mass is 265 g/mol. The van der Waals surface area contributed by atoms with E-state index >= 15 is 0 Å². The first-order valence-electron chi connectivity index (χ1n) is 7.23. The molecule has 19 heavy (non-hydrogen) atoms. The Bertz CT molecular complexity index is 427. The van der Waals surface area contributed by atoms with E-state index in [9.17, 15) is 9.50 Å². The zero-order valence-electron chi connectivity index (χ0n) is 12.1. The summed E-state index contributed by atoms with van der Waals surface area (Å²) in [5.41, 5.74) is 1.32. The molecule has 0 radical (unpaired) electrons. The molecule has 1 aliphatic rings. The summed E-state index contributed by atoms with van der Waals surface area (Å²) in [5, 5.41) is 9.86. The molecule has 1 fully saturated rings. The van der Waals surface area contributed by atoms with Crippen LogP contribution in [0.4, 0.5) is 10.1 Å². The largest absolute Gasteiger partial charge is 0.389 e. The minimum Gasteiger partial charge on any atom is -0.389 e. The highest BCUT2D eigenvalue weighted by Crippen LogP contribution is 2.37. The van der Waals surface area contributed by atoms with Crippen LogP contribution in [0.25, 0.3) is 0 Å². The van der Waals surface area contributed by atoms with Crippen molar-refractivity contribution in [3.8, 4) is 0 Å². The van der Waals surface area contributed by atoms with Crippen LogP contribution in [0, 0.1) is 11.7 Å². The van der Waals surface area contributed by atoms with Gasteiger partial charge in [0.15, 0.2) is 0 Å². The summed E-state index contributed by atoms with van der Waals surface area (Å²) in [6.07, 6.45) is 2.67. The van der Waals surface area contributed by atoms with E-state index in [0.717, 1.165) is 25.8 Å². The van der Waals surface area contributed by atoms with Gasteiger partial charge in [0, 0.05) is 18.2 Å². The molecule has 1 aromatic rings. The van der Waals surface area contributed by atoms with Crippen molar-refractivity contribution < 1.29 is 9.50 Å². The molecular weight excluding hydrogens is 241 g/mol. The maximum atomic E-state index is 14.2. The van der Waals surface area contributed by atoms with Gasteiger partial charge in [-0.2, -0.15) is 0 Å². The summed E-state index contributed by atoms with van der Waals surface area (Å²) in [6.45, 7) is 6.93. The first-order chi connectivity index (χ1) is 9.00. The Labute approximate surface area is 115 Å². The SMILES string of the molecule is CC(C)CCN(c1c(F)cccc1C(C)O)C1CC1. The van der Waals surface area contributed by atoms with Gasteiger partial charge in [0.2, 0.25) is 0 Å². The first kappa shape index (κ1) is 14.3. The number of rotatable bonds is 6. The molecular formula is C16H24FNO. The molecule has 1 N–H and O–H groups in total. The Morgan fingerprint density at radius 2 is 2.00 bits per heavy atom. The second-order valence-electron chi connectivity index (χ2n) is 5.96. The van der Waals surface area contributed by atoms with Gasteiger partial charge in [0.25, 0.3) is 0 Å². The molecule has 1 saturated carbocycles. The Hall–Kier alpha value is -1.09.